The molecule has 0 fully saturated rings. The van der Waals surface area contributed by atoms with E-state index in [-0.39, 0.29) is 11.3 Å². The van der Waals surface area contributed by atoms with Crippen molar-refractivity contribution in [3.05, 3.63) is 58.9 Å². The molecule has 104 valence electrons. The van der Waals surface area contributed by atoms with Crippen LogP contribution in [-0.4, -0.2) is 10.9 Å². The molecule has 1 aromatic carbocycles. The van der Waals surface area contributed by atoms with Gasteiger partial charge in [-0.2, -0.15) is 0 Å². The molecule has 0 radical (unpaired) electrons. The number of benzene rings is 1. The quantitative estimate of drug-likeness (QED) is 0.896. The molecule has 20 heavy (non-hydrogen) atoms. The van der Waals surface area contributed by atoms with Crippen molar-refractivity contribution in [1.29, 1.82) is 0 Å². The maximum Gasteiger partial charge on any atom is 0.257 e. The normalized spacial score (nSPS) is 11.2. The van der Waals surface area contributed by atoms with Gasteiger partial charge in [0.2, 0.25) is 0 Å². The molecule has 1 aromatic heterocycles. The Hall–Kier alpha value is -1.87. The van der Waals surface area contributed by atoms with Crippen molar-refractivity contribution in [2.75, 3.05) is 5.32 Å². The van der Waals surface area contributed by atoms with Gasteiger partial charge < -0.3 is 5.32 Å². The lowest BCUT2D eigenvalue weighted by Gasteiger charge is -2.18. The summed E-state index contributed by atoms with van der Waals surface area (Å²) in [7, 11) is 0. The molecule has 0 aliphatic rings. The highest BCUT2D eigenvalue weighted by molar-refractivity contribution is 6.34. The molecule has 0 bridgehead atoms. The first kappa shape index (κ1) is 14.5. The molecule has 0 spiro atoms. The molecule has 0 saturated carbocycles. The van der Waals surface area contributed by atoms with Crippen molar-refractivity contribution >= 4 is 23.2 Å². The van der Waals surface area contributed by atoms with Gasteiger partial charge in [0, 0.05) is 23.0 Å². The molecule has 3 nitrogen and oxygen atoms in total. The molecule has 0 aliphatic carbocycles. The molecule has 1 N–H and O–H groups in total. The predicted molar refractivity (Wildman–Crippen MR) is 82.3 cm³/mol. The highest BCUT2D eigenvalue weighted by Crippen LogP contribution is 2.23. The standard InChI is InChI=1S/C16H17ClN2O/c1-16(2,3)14-10-11(8-9-18-14)19-15(20)12-6-4-5-7-13(12)17/h4-10H,1-3H3,(H,18,19,20). The van der Waals surface area contributed by atoms with E-state index < -0.39 is 0 Å². The summed E-state index contributed by atoms with van der Waals surface area (Å²) in [5.41, 5.74) is 2.04. The van der Waals surface area contributed by atoms with E-state index in [1.165, 1.54) is 0 Å². The van der Waals surface area contributed by atoms with Crippen LogP contribution in [0, 0.1) is 0 Å². The maximum absolute atomic E-state index is 12.2. The van der Waals surface area contributed by atoms with E-state index in [1.807, 2.05) is 6.07 Å². The third-order valence-corrected chi connectivity index (χ3v) is 3.23. The molecule has 1 amide bonds. The number of nitrogens with zero attached hydrogens (tertiary/aromatic N) is 1. The molecule has 0 saturated heterocycles. The number of amides is 1. The Morgan fingerprint density at radius 2 is 1.90 bits per heavy atom. The third kappa shape index (κ3) is 3.36. The molecule has 1 heterocycles. The average Bonchev–Trinajstić information content (AvgIpc) is 2.38. The van der Waals surface area contributed by atoms with Gasteiger partial charge in [0.15, 0.2) is 0 Å². The van der Waals surface area contributed by atoms with E-state index in [9.17, 15) is 4.79 Å². The van der Waals surface area contributed by atoms with Crippen LogP contribution in [0.1, 0.15) is 36.8 Å². The van der Waals surface area contributed by atoms with Gasteiger partial charge in [-0.05, 0) is 24.3 Å². The Balaban J connectivity index is 2.23. The van der Waals surface area contributed by atoms with Crippen LogP contribution in [0.3, 0.4) is 0 Å². The van der Waals surface area contributed by atoms with Gasteiger partial charge in [0.05, 0.1) is 10.6 Å². The van der Waals surface area contributed by atoms with Gasteiger partial charge in [-0.1, -0.05) is 44.5 Å². The highest BCUT2D eigenvalue weighted by Gasteiger charge is 2.16. The largest absolute Gasteiger partial charge is 0.322 e. The lowest BCUT2D eigenvalue weighted by molar-refractivity contribution is 0.102. The fourth-order valence-electron chi connectivity index (χ4n) is 1.76. The minimum Gasteiger partial charge on any atom is -0.322 e. The first-order valence-corrected chi connectivity index (χ1v) is 6.78. The zero-order chi connectivity index (χ0) is 14.8. The number of halogens is 1. The van der Waals surface area contributed by atoms with Crippen LogP contribution < -0.4 is 5.32 Å². The number of aromatic nitrogens is 1. The van der Waals surface area contributed by atoms with Crippen molar-refractivity contribution in [1.82, 2.24) is 4.98 Å². The molecule has 2 rings (SSSR count). The number of rotatable bonds is 2. The van der Waals surface area contributed by atoms with Crippen molar-refractivity contribution in [3.8, 4) is 0 Å². The van der Waals surface area contributed by atoms with E-state index in [0.717, 1.165) is 11.4 Å². The summed E-state index contributed by atoms with van der Waals surface area (Å²) >= 11 is 6.02. The van der Waals surface area contributed by atoms with Gasteiger partial charge in [-0.3, -0.25) is 9.78 Å². The van der Waals surface area contributed by atoms with E-state index in [1.54, 1.807) is 36.5 Å². The smallest absolute Gasteiger partial charge is 0.257 e. The average molecular weight is 289 g/mol. The Morgan fingerprint density at radius 1 is 1.20 bits per heavy atom. The van der Waals surface area contributed by atoms with E-state index in [4.69, 9.17) is 11.6 Å². The first-order valence-electron chi connectivity index (χ1n) is 6.40. The van der Waals surface area contributed by atoms with Crippen LogP contribution in [0.5, 0.6) is 0 Å². The zero-order valence-corrected chi connectivity index (χ0v) is 12.5. The van der Waals surface area contributed by atoms with Crippen molar-refractivity contribution in [2.24, 2.45) is 0 Å². The predicted octanol–water partition coefficient (Wildman–Crippen LogP) is 4.28. The molecule has 4 heteroatoms. The fourth-order valence-corrected chi connectivity index (χ4v) is 1.98. The Morgan fingerprint density at radius 3 is 2.55 bits per heavy atom. The van der Waals surface area contributed by atoms with Crippen LogP contribution in [-0.2, 0) is 5.41 Å². The van der Waals surface area contributed by atoms with Crippen LogP contribution in [0.2, 0.25) is 5.02 Å². The summed E-state index contributed by atoms with van der Waals surface area (Å²) in [6, 6.07) is 10.6. The Bertz CT molecular complexity index is 632. The first-order chi connectivity index (χ1) is 9.38. The van der Waals surface area contributed by atoms with E-state index >= 15 is 0 Å². The number of hydrogen-bond donors (Lipinski definition) is 1. The lowest BCUT2D eigenvalue weighted by atomic mass is 9.91. The van der Waals surface area contributed by atoms with Gasteiger partial charge in [-0.15, -0.1) is 0 Å². The Kier molecular flexibility index (Phi) is 4.09. The summed E-state index contributed by atoms with van der Waals surface area (Å²) in [6.45, 7) is 6.24. The molecular formula is C16H17ClN2O. The molecule has 0 aliphatic heterocycles. The number of anilines is 1. The minimum atomic E-state index is -0.221. The summed E-state index contributed by atoms with van der Waals surface area (Å²) in [4.78, 5) is 16.5. The summed E-state index contributed by atoms with van der Waals surface area (Å²) < 4.78 is 0. The summed E-state index contributed by atoms with van der Waals surface area (Å²) in [5.74, 6) is -0.221. The lowest BCUT2D eigenvalue weighted by Crippen LogP contribution is -2.16. The second kappa shape index (κ2) is 5.63. The van der Waals surface area contributed by atoms with Crippen molar-refractivity contribution in [2.45, 2.75) is 26.2 Å². The number of hydrogen-bond acceptors (Lipinski definition) is 2. The summed E-state index contributed by atoms with van der Waals surface area (Å²) in [6.07, 6.45) is 1.70. The minimum absolute atomic E-state index is 0.0644. The van der Waals surface area contributed by atoms with Crippen molar-refractivity contribution < 1.29 is 4.79 Å². The van der Waals surface area contributed by atoms with E-state index in [2.05, 4.69) is 31.1 Å². The number of nitrogens with one attached hydrogen (secondary N) is 1. The fraction of sp³-hybridized carbons (Fsp3) is 0.250. The zero-order valence-electron chi connectivity index (χ0n) is 11.8. The number of pyridine rings is 1. The molecule has 0 atom stereocenters. The summed E-state index contributed by atoms with van der Waals surface area (Å²) in [5, 5.41) is 3.29. The van der Waals surface area contributed by atoms with Gasteiger partial charge >= 0.3 is 0 Å². The van der Waals surface area contributed by atoms with Crippen LogP contribution in [0.15, 0.2) is 42.6 Å². The van der Waals surface area contributed by atoms with Crippen LogP contribution in [0.25, 0.3) is 0 Å². The highest BCUT2D eigenvalue weighted by atomic mass is 35.5. The monoisotopic (exact) mass is 288 g/mol. The maximum atomic E-state index is 12.2. The van der Waals surface area contributed by atoms with Gasteiger partial charge in [0.1, 0.15) is 0 Å². The third-order valence-electron chi connectivity index (χ3n) is 2.90. The molecular weight excluding hydrogens is 272 g/mol. The molecule has 0 unspecified atom stereocenters. The second-order valence-electron chi connectivity index (χ2n) is 5.61. The van der Waals surface area contributed by atoms with Crippen LogP contribution in [0.4, 0.5) is 5.69 Å². The van der Waals surface area contributed by atoms with Gasteiger partial charge in [-0.25, -0.2) is 0 Å². The van der Waals surface area contributed by atoms with Crippen molar-refractivity contribution in [3.63, 3.8) is 0 Å². The number of carbonyl (C=O) groups is 1. The second-order valence-corrected chi connectivity index (χ2v) is 6.02. The van der Waals surface area contributed by atoms with Crippen LogP contribution >= 0.6 is 11.6 Å². The SMILES string of the molecule is CC(C)(C)c1cc(NC(=O)c2ccccc2Cl)ccn1. The Labute approximate surface area is 124 Å². The van der Waals surface area contributed by atoms with E-state index in [0.29, 0.717) is 10.6 Å². The molecule has 2 aromatic rings. The number of carbonyl (C=O) groups excluding carboxylic acids is 1. The topological polar surface area (TPSA) is 42.0 Å². The van der Waals surface area contributed by atoms with Gasteiger partial charge in [0.25, 0.3) is 5.91 Å².